The molecule has 2 aliphatic rings. The molecule has 0 bridgehead atoms. The summed E-state index contributed by atoms with van der Waals surface area (Å²) < 4.78 is 44.5. The first-order chi connectivity index (χ1) is 17.5. The average molecular weight is 520 g/mol. The van der Waals surface area contributed by atoms with Crippen molar-refractivity contribution >= 4 is 5.91 Å². The molecule has 3 atom stereocenters. The number of hydrogen-bond acceptors (Lipinski definition) is 6. The zero-order valence-corrected chi connectivity index (χ0v) is 22.2. The number of halogens is 3. The number of alkyl halides is 3. The van der Waals surface area contributed by atoms with Crippen molar-refractivity contribution in [2.24, 2.45) is 0 Å². The number of ether oxygens (including phenoxy) is 1. The van der Waals surface area contributed by atoms with Gasteiger partial charge >= 0.3 is 6.18 Å². The predicted molar refractivity (Wildman–Crippen MR) is 135 cm³/mol. The third-order valence-electron chi connectivity index (χ3n) is 7.88. The van der Waals surface area contributed by atoms with Gasteiger partial charge in [-0.15, -0.1) is 0 Å². The van der Waals surface area contributed by atoms with E-state index in [0.717, 1.165) is 43.0 Å². The van der Waals surface area contributed by atoms with E-state index in [4.69, 9.17) is 4.74 Å². The Bertz CT molecular complexity index is 1110. The van der Waals surface area contributed by atoms with Gasteiger partial charge in [0.05, 0.1) is 5.56 Å². The maximum Gasteiger partial charge on any atom is 0.451 e. The number of benzene rings is 1. The number of carbonyl (C=O) groups excluding carboxylic acids is 1. The fourth-order valence-corrected chi connectivity index (χ4v) is 5.23. The summed E-state index contributed by atoms with van der Waals surface area (Å²) in [5.41, 5.74) is 3.77. The number of rotatable bonds is 6. The minimum atomic E-state index is -4.63. The molecule has 0 spiro atoms. The van der Waals surface area contributed by atoms with Gasteiger partial charge in [-0.2, -0.15) is 13.2 Å². The van der Waals surface area contributed by atoms with E-state index in [1.807, 2.05) is 14.1 Å². The Morgan fingerprint density at radius 2 is 1.84 bits per heavy atom. The van der Waals surface area contributed by atoms with Crippen LogP contribution in [0.25, 0.3) is 0 Å². The van der Waals surface area contributed by atoms with Crippen LogP contribution in [0.1, 0.15) is 65.1 Å². The maximum absolute atomic E-state index is 13.0. The molecule has 2 aliphatic heterocycles. The van der Waals surface area contributed by atoms with Crippen LogP contribution < -0.4 is 4.74 Å². The molecule has 0 aliphatic carbocycles. The lowest BCUT2D eigenvalue weighted by atomic mass is 9.86. The SMILES string of the molecule is Cc1c(OCC(C)N(C)C)ccc([C@H]2CCCC3CN(C(=O)c4cnc(C(F)(F)F)nc4)CCN32)c1C. The Hall–Kier alpha value is -2.72. The van der Waals surface area contributed by atoms with Crippen LogP contribution in [0.2, 0.25) is 0 Å². The van der Waals surface area contributed by atoms with Crippen molar-refractivity contribution in [2.45, 2.75) is 64.3 Å². The first-order valence-electron chi connectivity index (χ1n) is 12.8. The van der Waals surface area contributed by atoms with Gasteiger partial charge in [0.2, 0.25) is 5.82 Å². The summed E-state index contributed by atoms with van der Waals surface area (Å²) in [5.74, 6) is -0.647. The number of fused-ring (bicyclic) bond motifs is 1. The van der Waals surface area contributed by atoms with E-state index in [9.17, 15) is 18.0 Å². The lowest BCUT2D eigenvalue weighted by molar-refractivity contribution is -0.145. The second kappa shape index (κ2) is 10.9. The number of piperidine rings is 1. The number of hydrogen-bond donors (Lipinski definition) is 0. The molecule has 10 heteroatoms. The van der Waals surface area contributed by atoms with Crippen LogP contribution in [-0.4, -0.2) is 83.0 Å². The van der Waals surface area contributed by atoms with Crippen LogP contribution in [-0.2, 0) is 6.18 Å². The van der Waals surface area contributed by atoms with E-state index in [1.54, 1.807) is 4.90 Å². The molecule has 3 heterocycles. The predicted octanol–water partition coefficient (Wildman–Crippen LogP) is 4.49. The van der Waals surface area contributed by atoms with Gasteiger partial charge in [-0.05, 0) is 76.9 Å². The molecule has 2 fully saturated rings. The van der Waals surface area contributed by atoms with Crippen LogP contribution in [0.4, 0.5) is 13.2 Å². The third-order valence-corrected chi connectivity index (χ3v) is 7.88. The summed E-state index contributed by atoms with van der Waals surface area (Å²) in [6, 6.07) is 5.03. The fourth-order valence-electron chi connectivity index (χ4n) is 5.23. The van der Waals surface area contributed by atoms with Gasteiger partial charge in [-0.3, -0.25) is 9.69 Å². The highest BCUT2D eigenvalue weighted by Crippen LogP contribution is 2.39. The highest BCUT2D eigenvalue weighted by Gasteiger charge is 2.38. The molecule has 2 unspecified atom stereocenters. The minimum Gasteiger partial charge on any atom is -0.492 e. The van der Waals surface area contributed by atoms with Gasteiger partial charge in [-0.1, -0.05) is 6.07 Å². The zero-order valence-electron chi connectivity index (χ0n) is 22.2. The van der Waals surface area contributed by atoms with Crippen LogP contribution in [0.3, 0.4) is 0 Å². The Morgan fingerprint density at radius 1 is 1.14 bits per heavy atom. The molecule has 4 rings (SSSR count). The summed E-state index contributed by atoms with van der Waals surface area (Å²) in [6.07, 6.45) is 0.400. The Kier molecular flexibility index (Phi) is 8.08. The van der Waals surface area contributed by atoms with Crippen molar-refractivity contribution in [1.29, 1.82) is 0 Å². The Balaban J connectivity index is 1.45. The normalized spacial score (nSPS) is 21.6. The van der Waals surface area contributed by atoms with Gasteiger partial charge in [0.25, 0.3) is 5.91 Å². The van der Waals surface area contributed by atoms with Crippen molar-refractivity contribution in [1.82, 2.24) is 24.7 Å². The van der Waals surface area contributed by atoms with Gasteiger partial charge in [0.1, 0.15) is 12.4 Å². The standard InChI is InChI=1S/C27H36F3N5O2/c1-17(33(4)5)16-37-24-10-9-22(18(2)19(24)3)23-8-6-7-21-15-34(11-12-35(21)23)25(36)20-13-31-26(32-14-20)27(28,29)30/h9-10,13-14,17,21,23H,6-8,11-12,15-16H2,1-5H3/t17?,21?,23-/m1/s1. The molecule has 1 amide bonds. The smallest absolute Gasteiger partial charge is 0.451 e. The lowest BCUT2D eigenvalue weighted by Crippen LogP contribution is -2.57. The zero-order chi connectivity index (χ0) is 26.9. The van der Waals surface area contributed by atoms with E-state index >= 15 is 0 Å². The average Bonchev–Trinajstić information content (AvgIpc) is 2.88. The molecule has 0 saturated carbocycles. The quantitative estimate of drug-likeness (QED) is 0.561. The second-order valence-electron chi connectivity index (χ2n) is 10.4. The monoisotopic (exact) mass is 519 g/mol. The first-order valence-corrected chi connectivity index (χ1v) is 12.8. The molecule has 2 saturated heterocycles. The van der Waals surface area contributed by atoms with E-state index in [-0.39, 0.29) is 23.6 Å². The topological polar surface area (TPSA) is 61.8 Å². The molecule has 7 nitrogen and oxygen atoms in total. The van der Waals surface area contributed by atoms with Crippen molar-refractivity contribution in [3.05, 3.63) is 52.6 Å². The van der Waals surface area contributed by atoms with Crippen molar-refractivity contribution in [2.75, 3.05) is 40.3 Å². The van der Waals surface area contributed by atoms with Crippen LogP contribution in [0.5, 0.6) is 5.75 Å². The molecule has 1 aromatic heterocycles. The Morgan fingerprint density at radius 3 is 2.49 bits per heavy atom. The summed E-state index contributed by atoms with van der Waals surface area (Å²) in [6.45, 7) is 8.77. The molecule has 0 N–H and O–H groups in total. The minimum absolute atomic E-state index is 0.0828. The number of piperazine rings is 1. The number of likely N-dealkylation sites (N-methyl/N-ethyl adjacent to an activating group) is 1. The van der Waals surface area contributed by atoms with Gasteiger partial charge in [-0.25, -0.2) is 9.97 Å². The van der Waals surface area contributed by atoms with Crippen LogP contribution in [0, 0.1) is 13.8 Å². The van der Waals surface area contributed by atoms with E-state index in [0.29, 0.717) is 32.3 Å². The van der Waals surface area contributed by atoms with Gasteiger partial charge < -0.3 is 14.5 Å². The van der Waals surface area contributed by atoms with Crippen molar-refractivity contribution in [3.8, 4) is 5.75 Å². The largest absolute Gasteiger partial charge is 0.492 e. The molecule has 2 aromatic rings. The number of nitrogens with zero attached hydrogens (tertiary/aromatic N) is 5. The highest BCUT2D eigenvalue weighted by molar-refractivity contribution is 5.93. The second-order valence-corrected chi connectivity index (χ2v) is 10.4. The van der Waals surface area contributed by atoms with Crippen molar-refractivity contribution in [3.63, 3.8) is 0 Å². The first kappa shape index (κ1) is 27.3. The van der Waals surface area contributed by atoms with Crippen LogP contribution >= 0.6 is 0 Å². The summed E-state index contributed by atoms with van der Waals surface area (Å²) >= 11 is 0. The van der Waals surface area contributed by atoms with Gasteiger partial charge in [0, 0.05) is 50.2 Å². The lowest BCUT2D eigenvalue weighted by Gasteiger charge is -2.48. The number of amides is 1. The summed E-state index contributed by atoms with van der Waals surface area (Å²) in [7, 11) is 4.08. The molecule has 202 valence electrons. The molecule has 1 aromatic carbocycles. The van der Waals surface area contributed by atoms with Crippen molar-refractivity contribution < 1.29 is 22.7 Å². The Labute approximate surface area is 216 Å². The van der Waals surface area contributed by atoms with E-state index in [2.05, 4.69) is 52.7 Å². The van der Waals surface area contributed by atoms with Gasteiger partial charge in [0.15, 0.2) is 0 Å². The third kappa shape index (κ3) is 5.90. The number of carbonyl (C=O) groups is 1. The molecule has 37 heavy (non-hydrogen) atoms. The van der Waals surface area contributed by atoms with E-state index in [1.165, 1.54) is 11.1 Å². The summed E-state index contributed by atoms with van der Waals surface area (Å²) in [4.78, 5) is 26.0. The van der Waals surface area contributed by atoms with Crippen LogP contribution in [0.15, 0.2) is 24.5 Å². The van der Waals surface area contributed by atoms with E-state index < -0.39 is 12.0 Å². The number of aromatic nitrogens is 2. The fraction of sp³-hybridized carbons (Fsp3) is 0.593. The summed E-state index contributed by atoms with van der Waals surface area (Å²) in [5, 5.41) is 0. The molecule has 0 radical (unpaired) electrons. The maximum atomic E-state index is 13.0. The molecular weight excluding hydrogens is 483 g/mol. The molecular formula is C27H36F3N5O2. The highest BCUT2D eigenvalue weighted by atomic mass is 19.4.